The summed E-state index contributed by atoms with van der Waals surface area (Å²) in [5.74, 6) is 1.18. The van der Waals surface area contributed by atoms with Crippen LogP contribution in [0, 0.1) is 27.9 Å². The summed E-state index contributed by atoms with van der Waals surface area (Å²) in [7, 11) is -3.85. The minimum Gasteiger partial charge on any atom is -0.320 e. The van der Waals surface area contributed by atoms with Gasteiger partial charge in [0.15, 0.2) is 0 Å². The molecule has 0 aliphatic heterocycles. The number of carbonyl (C=O) groups excluding carboxylic acids is 1. The summed E-state index contributed by atoms with van der Waals surface area (Å²) in [6.07, 6.45) is 7.95. The number of anilines is 1. The van der Waals surface area contributed by atoms with E-state index in [2.05, 4.69) is 10.4 Å². The third-order valence-electron chi connectivity index (χ3n) is 7.04. The number of aromatic nitrogens is 2. The van der Waals surface area contributed by atoms with Crippen molar-refractivity contribution in [2.45, 2.75) is 49.0 Å². The van der Waals surface area contributed by atoms with E-state index in [-0.39, 0.29) is 27.5 Å². The van der Waals surface area contributed by atoms with E-state index >= 15 is 0 Å². The van der Waals surface area contributed by atoms with Crippen LogP contribution in [0.15, 0.2) is 35.4 Å². The number of nitrogens with zero attached hydrogens (tertiary/aromatic N) is 3. The number of carbonyl (C=O) groups is 1. The lowest BCUT2D eigenvalue weighted by atomic mass is 9.53. The molecule has 11 heteroatoms. The number of hydrogen-bond acceptors (Lipinski definition) is 6. The summed E-state index contributed by atoms with van der Waals surface area (Å²) in [4.78, 5) is 23.8. The van der Waals surface area contributed by atoms with Crippen molar-refractivity contribution >= 4 is 27.3 Å². The van der Waals surface area contributed by atoms with Gasteiger partial charge in [0.25, 0.3) is 5.91 Å². The molecule has 2 aromatic rings. The number of nitrogens with two attached hydrogens (primary N) is 1. The number of rotatable bonds is 5. The number of primary sulfonamides is 1. The minimum atomic E-state index is -3.85. The van der Waals surface area contributed by atoms with Crippen molar-refractivity contribution in [1.82, 2.24) is 9.78 Å². The predicted octanol–water partition coefficient (Wildman–Crippen LogP) is 2.62. The molecule has 10 nitrogen and oxygen atoms in total. The highest BCUT2D eigenvalue weighted by atomic mass is 32.2. The Morgan fingerprint density at radius 2 is 1.68 bits per heavy atom. The van der Waals surface area contributed by atoms with Gasteiger partial charge in [-0.2, -0.15) is 5.10 Å². The average Bonchev–Trinajstić information content (AvgIpc) is 3.13. The van der Waals surface area contributed by atoms with Crippen LogP contribution in [0.4, 0.5) is 11.4 Å². The molecule has 0 spiro atoms. The number of benzene rings is 1. The number of nitro groups is 1. The lowest BCUT2D eigenvalue weighted by Gasteiger charge is -2.56. The summed E-state index contributed by atoms with van der Waals surface area (Å²) in [6, 6.07) is 5.26. The average molecular weight is 446 g/mol. The second kappa shape index (κ2) is 6.86. The molecule has 0 saturated heterocycles. The van der Waals surface area contributed by atoms with Gasteiger partial charge in [0.2, 0.25) is 15.7 Å². The molecule has 164 valence electrons. The lowest BCUT2D eigenvalue weighted by Crippen LogP contribution is -2.52. The number of hydrogen-bond donors (Lipinski definition) is 2. The molecule has 0 radical (unpaired) electrons. The fraction of sp³-hybridized carbons (Fsp3) is 0.500. The van der Waals surface area contributed by atoms with E-state index in [9.17, 15) is 23.3 Å². The van der Waals surface area contributed by atoms with Gasteiger partial charge in [-0.25, -0.2) is 13.6 Å². The maximum atomic E-state index is 12.8. The van der Waals surface area contributed by atoms with E-state index in [4.69, 9.17) is 5.14 Å². The van der Waals surface area contributed by atoms with Crippen molar-refractivity contribution in [2.24, 2.45) is 22.9 Å². The highest BCUT2D eigenvalue weighted by Gasteiger charge is 2.53. The van der Waals surface area contributed by atoms with Crippen LogP contribution in [0.25, 0.3) is 0 Å². The summed E-state index contributed by atoms with van der Waals surface area (Å²) in [6.45, 7) is 0. The molecule has 4 bridgehead atoms. The Bertz CT molecular complexity index is 1140. The van der Waals surface area contributed by atoms with Crippen LogP contribution in [-0.2, 0) is 15.6 Å². The topological polar surface area (TPSA) is 150 Å². The fourth-order valence-electron chi connectivity index (χ4n) is 6.17. The molecule has 4 aliphatic rings. The van der Waals surface area contributed by atoms with Gasteiger partial charge < -0.3 is 5.32 Å². The third-order valence-corrected chi connectivity index (χ3v) is 7.97. The zero-order valence-electron chi connectivity index (χ0n) is 16.7. The Labute approximate surface area is 179 Å². The van der Waals surface area contributed by atoms with Crippen LogP contribution in [0.3, 0.4) is 0 Å². The zero-order chi connectivity index (χ0) is 22.0. The van der Waals surface area contributed by atoms with Crippen molar-refractivity contribution in [3.05, 3.63) is 46.3 Å². The quantitative estimate of drug-likeness (QED) is 0.533. The summed E-state index contributed by atoms with van der Waals surface area (Å²) < 4.78 is 24.4. The van der Waals surface area contributed by atoms with E-state index in [1.54, 1.807) is 4.68 Å². The van der Waals surface area contributed by atoms with Crippen LogP contribution in [0.1, 0.15) is 49.0 Å². The molecule has 3 N–H and O–H groups in total. The second-order valence-electron chi connectivity index (χ2n) is 9.23. The first-order chi connectivity index (χ1) is 14.6. The molecular formula is C20H23N5O5S. The molecule has 0 atom stereocenters. The number of sulfonamides is 1. The molecule has 4 saturated carbocycles. The summed E-state index contributed by atoms with van der Waals surface area (Å²) in [5, 5.41) is 23.7. The molecule has 1 aromatic carbocycles. The van der Waals surface area contributed by atoms with Gasteiger partial charge in [-0.3, -0.25) is 19.6 Å². The molecule has 4 fully saturated rings. The molecule has 6 rings (SSSR count). The van der Waals surface area contributed by atoms with Gasteiger partial charge in [-0.1, -0.05) is 0 Å². The van der Waals surface area contributed by atoms with Gasteiger partial charge in [0.05, 0.1) is 15.4 Å². The normalized spacial score (nSPS) is 29.1. The monoisotopic (exact) mass is 445 g/mol. The van der Waals surface area contributed by atoms with E-state index < -0.39 is 20.9 Å². The molecular weight excluding hydrogens is 422 g/mol. The van der Waals surface area contributed by atoms with Gasteiger partial charge in [0, 0.05) is 5.69 Å². The van der Waals surface area contributed by atoms with Crippen molar-refractivity contribution in [3.63, 3.8) is 0 Å². The first-order valence-electron chi connectivity index (χ1n) is 10.3. The smallest absolute Gasteiger partial charge is 0.320 e. The molecule has 31 heavy (non-hydrogen) atoms. The minimum absolute atomic E-state index is 0.0948. The molecule has 0 unspecified atom stereocenters. The number of amides is 1. The van der Waals surface area contributed by atoms with Gasteiger partial charge in [0.1, 0.15) is 6.20 Å². The fourth-order valence-corrected chi connectivity index (χ4v) is 6.68. The Balaban J connectivity index is 1.44. The predicted molar refractivity (Wildman–Crippen MR) is 111 cm³/mol. The van der Waals surface area contributed by atoms with Crippen LogP contribution in [-0.4, -0.2) is 29.0 Å². The molecule has 1 heterocycles. The standard InChI is InChI=1S/C20H23N5O5S/c21-31(29,30)16-3-1-15(2-4-16)22-19(26)18-17(25(27)28)11-24(23-18)20-8-12-5-13(9-20)7-14(6-12)10-20/h1-4,11-14H,5-10H2,(H,22,26)(H2,21,29,30). The van der Waals surface area contributed by atoms with E-state index in [1.807, 2.05) is 0 Å². The Kier molecular flexibility index (Phi) is 4.45. The highest BCUT2D eigenvalue weighted by molar-refractivity contribution is 7.89. The Morgan fingerprint density at radius 1 is 1.13 bits per heavy atom. The molecule has 4 aliphatic carbocycles. The number of nitrogens with one attached hydrogen (secondary N) is 1. The van der Waals surface area contributed by atoms with Crippen molar-refractivity contribution in [3.8, 4) is 0 Å². The van der Waals surface area contributed by atoms with Gasteiger partial charge in [-0.05, 0) is 80.5 Å². The van der Waals surface area contributed by atoms with Gasteiger partial charge >= 0.3 is 5.69 Å². The van der Waals surface area contributed by atoms with Crippen molar-refractivity contribution in [2.75, 3.05) is 5.32 Å². The first-order valence-corrected chi connectivity index (χ1v) is 11.9. The van der Waals surface area contributed by atoms with Crippen LogP contribution >= 0.6 is 0 Å². The lowest BCUT2D eigenvalue weighted by molar-refractivity contribution is -0.385. The maximum absolute atomic E-state index is 12.8. The van der Waals surface area contributed by atoms with Crippen molar-refractivity contribution in [1.29, 1.82) is 0 Å². The Hall–Kier alpha value is -2.79. The zero-order valence-corrected chi connectivity index (χ0v) is 17.5. The third kappa shape index (κ3) is 3.51. The molecule has 1 aromatic heterocycles. The second-order valence-corrected chi connectivity index (χ2v) is 10.8. The molecule has 1 amide bonds. The largest absolute Gasteiger partial charge is 0.320 e. The maximum Gasteiger partial charge on any atom is 0.320 e. The Morgan fingerprint density at radius 3 is 2.16 bits per heavy atom. The van der Waals surface area contributed by atoms with E-state index in [1.165, 1.54) is 49.7 Å². The SMILES string of the molecule is NS(=O)(=O)c1ccc(NC(=O)c2nn(C34CC5CC(CC(C5)C3)C4)cc2[N+](=O)[O-])cc1. The summed E-state index contributed by atoms with van der Waals surface area (Å²) in [5.41, 5.74) is -0.517. The first kappa shape index (κ1) is 20.1. The van der Waals surface area contributed by atoms with E-state index in [0.29, 0.717) is 17.8 Å². The van der Waals surface area contributed by atoms with Gasteiger partial charge in [-0.15, -0.1) is 0 Å². The van der Waals surface area contributed by atoms with E-state index in [0.717, 1.165) is 19.3 Å². The van der Waals surface area contributed by atoms with Crippen LogP contribution < -0.4 is 10.5 Å². The van der Waals surface area contributed by atoms with Crippen molar-refractivity contribution < 1.29 is 18.1 Å². The van der Waals surface area contributed by atoms with Crippen LogP contribution in [0.2, 0.25) is 0 Å². The van der Waals surface area contributed by atoms with Crippen LogP contribution in [0.5, 0.6) is 0 Å². The summed E-state index contributed by atoms with van der Waals surface area (Å²) >= 11 is 0. The highest BCUT2D eigenvalue weighted by Crippen LogP contribution is 2.58.